The van der Waals surface area contributed by atoms with Crippen molar-refractivity contribution in [3.63, 3.8) is 0 Å². The molecule has 0 bridgehead atoms. The van der Waals surface area contributed by atoms with Crippen LogP contribution in [-0.4, -0.2) is 17.0 Å². The second kappa shape index (κ2) is 6.02. The zero-order chi connectivity index (χ0) is 14.7. The van der Waals surface area contributed by atoms with Crippen LogP contribution in [0.2, 0.25) is 0 Å². The van der Waals surface area contributed by atoms with E-state index in [2.05, 4.69) is 52.5 Å². The Bertz CT molecular complexity index is 747. The van der Waals surface area contributed by atoms with E-state index in [0.29, 0.717) is 0 Å². The van der Waals surface area contributed by atoms with Gasteiger partial charge in [0.1, 0.15) is 0 Å². The van der Waals surface area contributed by atoms with Gasteiger partial charge in [0.15, 0.2) is 0 Å². The minimum atomic E-state index is 0.253. The van der Waals surface area contributed by atoms with Crippen molar-refractivity contribution in [2.45, 2.75) is 19.4 Å². The van der Waals surface area contributed by atoms with E-state index in [-0.39, 0.29) is 6.04 Å². The Balaban J connectivity index is 1.96. The molecule has 0 fully saturated rings. The van der Waals surface area contributed by atoms with Crippen molar-refractivity contribution in [1.82, 2.24) is 15.3 Å². The Morgan fingerprint density at radius 3 is 2.81 bits per heavy atom. The normalized spacial score (nSPS) is 12.5. The Morgan fingerprint density at radius 2 is 2.00 bits per heavy atom. The number of aromatic nitrogens is 2. The number of pyridine rings is 2. The van der Waals surface area contributed by atoms with Gasteiger partial charge in [0.25, 0.3) is 0 Å². The lowest BCUT2D eigenvalue weighted by molar-refractivity contribution is 0.591. The number of likely N-dealkylation sites (N-methyl/N-ethyl adjacent to an activating group) is 1. The van der Waals surface area contributed by atoms with Crippen LogP contribution in [0.1, 0.15) is 22.7 Å². The van der Waals surface area contributed by atoms with E-state index in [1.54, 1.807) is 0 Å². The number of aryl methyl sites for hydroxylation is 1. The number of fused-ring (bicyclic) bond motifs is 1. The predicted octanol–water partition coefficient (Wildman–Crippen LogP) is 3.44. The summed E-state index contributed by atoms with van der Waals surface area (Å²) in [7, 11) is 2.00. The van der Waals surface area contributed by atoms with E-state index >= 15 is 0 Å². The number of para-hydroxylation sites is 1. The van der Waals surface area contributed by atoms with E-state index < -0.39 is 0 Å². The van der Waals surface area contributed by atoms with Gasteiger partial charge in [-0.25, -0.2) is 0 Å². The molecular weight excluding hydrogens is 258 g/mol. The lowest BCUT2D eigenvalue weighted by atomic mass is 9.97. The summed E-state index contributed by atoms with van der Waals surface area (Å²) in [6, 6.07) is 12.8. The number of benzene rings is 1. The fourth-order valence-corrected chi connectivity index (χ4v) is 2.71. The Labute approximate surface area is 125 Å². The second-order valence-corrected chi connectivity index (χ2v) is 5.33. The lowest BCUT2D eigenvalue weighted by Crippen LogP contribution is -2.19. The van der Waals surface area contributed by atoms with Crippen molar-refractivity contribution >= 4 is 10.9 Å². The van der Waals surface area contributed by atoms with Crippen LogP contribution in [0.25, 0.3) is 10.9 Å². The van der Waals surface area contributed by atoms with E-state index in [0.717, 1.165) is 11.9 Å². The van der Waals surface area contributed by atoms with Crippen LogP contribution in [0.5, 0.6) is 0 Å². The van der Waals surface area contributed by atoms with Gasteiger partial charge >= 0.3 is 0 Å². The van der Waals surface area contributed by atoms with Gasteiger partial charge in [0.2, 0.25) is 0 Å². The number of hydrogen-bond acceptors (Lipinski definition) is 3. The number of nitrogens with one attached hydrogen (secondary N) is 1. The Morgan fingerprint density at radius 1 is 1.14 bits per heavy atom. The fraction of sp³-hybridized carbons (Fsp3) is 0.222. The summed E-state index contributed by atoms with van der Waals surface area (Å²) < 4.78 is 0. The minimum Gasteiger partial charge on any atom is -0.313 e. The van der Waals surface area contributed by atoms with Gasteiger partial charge < -0.3 is 5.32 Å². The van der Waals surface area contributed by atoms with E-state index in [1.165, 1.54) is 22.1 Å². The Hall–Kier alpha value is -2.26. The molecule has 21 heavy (non-hydrogen) atoms. The molecule has 0 saturated carbocycles. The SMILES string of the molecule is CNC(Cc1ccnc2ccccc12)c1cncc(C)c1. The molecule has 0 spiro atoms. The third kappa shape index (κ3) is 2.93. The maximum atomic E-state index is 4.43. The number of nitrogens with zero attached hydrogens (tertiary/aromatic N) is 2. The minimum absolute atomic E-state index is 0.253. The summed E-state index contributed by atoms with van der Waals surface area (Å²) in [5, 5.41) is 4.62. The second-order valence-electron chi connectivity index (χ2n) is 5.33. The summed E-state index contributed by atoms with van der Waals surface area (Å²) in [6.07, 6.45) is 6.64. The summed E-state index contributed by atoms with van der Waals surface area (Å²) in [6.45, 7) is 2.07. The van der Waals surface area contributed by atoms with Crippen molar-refractivity contribution in [2.24, 2.45) is 0 Å². The molecule has 1 unspecified atom stereocenters. The number of rotatable bonds is 4. The first-order valence-electron chi connectivity index (χ1n) is 7.19. The zero-order valence-corrected chi connectivity index (χ0v) is 12.4. The molecule has 1 N–H and O–H groups in total. The van der Waals surface area contributed by atoms with Crippen molar-refractivity contribution in [1.29, 1.82) is 0 Å². The molecule has 3 heteroatoms. The highest BCUT2D eigenvalue weighted by Gasteiger charge is 2.12. The lowest BCUT2D eigenvalue weighted by Gasteiger charge is -2.18. The average Bonchev–Trinajstić information content (AvgIpc) is 2.52. The first-order chi connectivity index (χ1) is 10.3. The van der Waals surface area contributed by atoms with Crippen LogP contribution in [0, 0.1) is 6.92 Å². The van der Waals surface area contributed by atoms with Crippen LogP contribution < -0.4 is 5.32 Å². The third-order valence-electron chi connectivity index (χ3n) is 3.81. The smallest absolute Gasteiger partial charge is 0.0704 e. The molecule has 2 aromatic heterocycles. The quantitative estimate of drug-likeness (QED) is 0.794. The van der Waals surface area contributed by atoms with Gasteiger partial charge in [0, 0.05) is 30.0 Å². The van der Waals surface area contributed by atoms with Gasteiger partial charge in [-0.05, 0) is 49.2 Å². The Kier molecular flexibility index (Phi) is 3.93. The first kappa shape index (κ1) is 13.7. The molecule has 2 heterocycles. The van der Waals surface area contributed by atoms with E-state index in [4.69, 9.17) is 0 Å². The van der Waals surface area contributed by atoms with Crippen molar-refractivity contribution in [3.05, 3.63) is 71.7 Å². The molecule has 1 atom stereocenters. The largest absolute Gasteiger partial charge is 0.313 e. The molecule has 0 aliphatic rings. The molecule has 0 saturated heterocycles. The van der Waals surface area contributed by atoms with Crippen molar-refractivity contribution < 1.29 is 0 Å². The van der Waals surface area contributed by atoms with Gasteiger partial charge in [-0.1, -0.05) is 24.3 Å². The molecule has 1 aromatic carbocycles. The average molecular weight is 277 g/mol. The molecule has 3 nitrogen and oxygen atoms in total. The molecule has 0 amide bonds. The summed E-state index contributed by atoms with van der Waals surface area (Å²) in [5.74, 6) is 0. The van der Waals surface area contributed by atoms with Gasteiger partial charge in [-0.15, -0.1) is 0 Å². The van der Waals surface area contributed by atoms with E-state index in [9.17, 15) is 0 Å². The molecule has 0 aliphatic carbocycles. The van der Waals surface area contributed by atoms with Gasteiger partial charge in [-0.2, -0.15) is 0 Å². The maximum Gasteiger partial charge on any atom is 0.0704 e. The maximum absolute atomic E-state index is 4.43. The molecule has 0 aliphatic heterocycles. The van der Waals surface area contributed by atoms with Crippen molar-refractivity contribution in [3.8, 4) is 0 Å². The van der Waals surface area contributed by atoms with Crippen LogP contribution >= 0.6 is 0 Å². The highest BCUT2D eigenvalue weighted by Crippen LogP contribution is 2.23. The number of hydrogen-bond donors (Lipinski definition) is 1. The first-order valence-corrected chi connectivity index (χ1v) is 7.19. The van der Waals surface area contributed by atoms with Gasteiger partial charge in [-0.3, -0.25) is 9.97 Å². The van der Waals surface area contributed by atoms with Crippen LogP contribution in [0.3, 0.4) is 0 Å². The molecule has 106 valence electrons. The molecular formula is C18H19N3. The van der Waals surface area contributed by atoms with E-state index in [1.807, 2.05) is 31.7 Å². The summed E-state index contributed by atoms with van der Waals surface area (Å²) in [5.41, 5.74) is 4.76. The van der Waals surface area contributed by atoms with Crippen LogP contribution in [-0.2, 0) is 6.42 Å². The highest BCUT2D eigenvalue weighted by molar-refractivity contribution is 5.81. The monoisotopic (exact) mass is 277 g/mol. The standard InChI is InChI=1S/C18H19N3/c1-13-9-15(12-20-11-13)18(19-2)10-14-7-8-21-17-6-4-3-5-16(14)17/h3-9,11-12,18-19H,10H2,1-2H3. The van der Waals surface area contributed by atoms with Gasteiger partial charge in [0.05, 0.1) is 5.52 Å². The summed E-state index contributed by atoms with van der Waals surface area (Å²) in [4.78, 5) is 8.73. The fourth-order valence-electron chi connectivity index (χ4n) is 2.71. The highest BCUT2D eigenvalue weighted by atomic mass is 14.9. The van der Waals surface area contributed by atoms with Crippen LogP contribution in [0.15, 0.2) is 55.0 Å². The zero-order valence-electron chi connectivity index (χ0n) is 12.4. The predicted molar refractivity (Wildman–Crippen MR) is 86.2 cm³/mol. The molecule has 3 rings (SSSR count). The molecule has 0 radical (unpaired) electrons. The van der Waals surface area contributed by atoms with Crippen LogP contribution in [0.4, 0.5) is 0 Å². The molecule has 3 aromatic rings. The topological polar surface area (TPSA) is 37.8 Å². The summed E-state index contributed by atoms with van der Waals surface area (Å²) >= 11 is 0. The third-order valence-corrected chi connectivity index (χ3v) is 3.81. The van der Waals surface area contributed by atoms with Crippen molar-refractivity contribution in [2.75, 3.05) is 7.05 Å².